The number of hydrogen-bond donors (Lipinski definition) is 0. The molecule has 31 heavy (non-hydrogen) atoms. The van der Waals surface area contributed by atoms with Crippen LogP contribution in [0.15, 0.2) is 41.2 Å². The van der Waals surface area contributed by atoms with Crippen LogP contribution in [0.2, 0.25) is 0 Å². The van der Waals surface area contributed by atoms with Gasteiger partial charge in [0.1, 0.15) is 5.69 Å². The number of anilines is 2. The predicted molar refractivity (Wildman–Crippen MR) is 122 cm³/mol. The van der Waals surface area contributed by atoms with Gasteiger partial charge in [0.05, 0.1) is 0 Å². The summed E-state index contributed by atoms with van der Waals surface area (Å²) in [6.07, 6.45) is 2.34. The highest BCUT2D eigenvalue weighted by atomic mass is 32.1. The molecule has 2 saturated heterocycles. The number of hydrogen-bond acceptors (Lipinski definition) is 7. The smallest absolute Gasteiger partial charge is 0.274 e. The van der Waals surface area contributed by atoms with E-state index in [9.17, 15) is 9.59 Å². The van der Waals surface area contributed by atoms with Gasteiger partial charge in [-0.2, -0.15) is 9.50 Å². The fourth-order valence-corrected chi connectivity index (χ4v) is 5.36. The van der Waals surface area contributed by atoms with Gasteiger partial charge in [-0.3, -0.25) is 9.59 Å². The molecule has 2 aliphatic rings. The molecule has 162 valence electrons. The van der Waals surface area contributed by atoms with Crippen LogP contribution in [-0.4, -0.2) is 64.7 Å². The molecular weight excluding hydrogens is 412 g/mol. The van der Waals surface area contributed by atoms with Crippen molar-refractivity contribution in [2.75, 3.05) is 49.1 Å². The number of benzene rings is 1. The quantitative estimate of drug-likeness (QED) is 0.625. The predicted octanol–water partition coefficient (Wildman–Crippen LogP) is 2.35. The number of piperazine rings is 1. The highest BCUT2D eigenvalue weighted by molar-refractivity contribution is 7.20. The van der Waals surface area contributed by atoms with Gasteiger partial charge in [0.25, 0.3) is 11.5 Å². The number of para-hydroxylation sites is 1. The summed E-state index contributed by atoms with van der Waals surface area (Å²) in [4.78, 5) is 36.5. The van der Waals surface area contributed by atoms with Gasteiger partial charge in [-0.05, 0) is 30.9 Å². The van der Waals surface area contributed by atoms with Crippen LogP contribution in [0.4, 0.5) is 10.8 Å². The van der Waals surface area contributed by atoms with Crippen molar-refractivity contribution >= 4 is 33.0 Å². The lowest BCUT2D eigenvalue weighted by Crippen LogP contribution is -2.49. The number of fused-ring (bicyclic) bond motifs is 1. The van der Waals surface area contributed by atoms with E-state index in [0.717, 1.165) is 43.4 Å². The third-order valence-electron chi connectivity index (χ3n) is 6.08. The van der Waals surface area contributed by atoms with E-state index in [0.29, 0.717) is 29.7 Å². The Morgan fingerprint density at radius 3 is 2.58 bits per heavy atom. The summed E-state index contributed by atoms with van der Waals surface area (Å²) in [5, 5.41) is 5.52. The minimum Gasteiger partial charge on any atom is -0.368 e. The largest absolute Gasteiger partial charge is 0.368 e. The van der Waals surface area contributed by atoms with Crippen LogP contribution in [-0.2, 0) is 0 Å². The Bertz CT molecular complexity index is 1140. The summed E-state index contributed by atoms with van der Waals surface area (Å²) in [5.41, 5.74) is 1.07. The Labute approximate surface area is 184 Å². The first-order chi connectivity index (χ1) is 15.1. The number of aromatic nitrogens is 3. The van der Waals surface area contributed by atoms with Crippen LogP contribution < -0.4 is 15.4 Å². The summed E-state index contributed by atoms with van der Waals surface area (Å²) in [6.45, 7) is 6.85. The Morgan fingerprint density at radius 1 is 1.06 bits per heavy atom. The van der Waals surface area contributed by atoms with E-state index >= 15 is 0 Å². The molecule has 5 rings (SSSR count). The van der Waals surface area contributed by atoms with Crippen molar-refractivity contribution in [3.63, 3.8) is 0 Å². The van der Waals surface area contributed by atoms with E-state index in [-0.39, 0.29) is 5.91 Å². The zero-order valence-corrected chi connectivity index (χ0v) is 18.4. The first-order valence-corrected chi connectivity index (χ1v) is 11.7. The minimum absolute atomic E-state index is 0.161. The topological polar surface area (TPSA) is 74.1 Å². The molecule has 3 aromatic rings. The first kappa shape index (κ1) is 20.0. The SMILES string of the molecule is CC1CCCN(c2nn3c(C(=O)N4CCN(c5ccccc5)CC4)cc(=O)nc3s2)C1. The fraction of sp³-hybridized carbons (Fsp3) is 0.455. The summed E-state index contributed by atoms with van der Waals surface area (Å²) in [7, 11) is 0. The van der Waals surface area contributed by atoms with Gasteiger partial charge in [0.2, 0.25) is 10.1 Å². The van der Waals surface area contributed by atoms with E-state index in [2.05, 4.69) is 33.8 Å². The van der Waals surface area contributed by atoms with E-state index in [1.807, 2.05) is 23.1 Å². The number of rotatable bonds is 3. The van der Waals surface area contributed by atoms with Gasteiger partial charge in [0.15, 0.2) is 0 Å². The third kappa shape index (κ3) is 4.01. The summed E-state index contributed by atoms with van der Waals surface area (Å²) in [6, 6.07) is 11.5. The monoisotopic (exact) mass is 438 g/mol. The molecule has 8 nitrogen and oxygen atoms in total. The number of amides is 1. The lowest BCUT2D eigenvalue weighted by atomic mass is 10.0. The summed E-state index contributed by atoms with van der Waals surface area (Å²) < 4.78 is 1.56. The van der Waals surface area contributed by atoms with Gasteiger partial charge >= 0.3 is 0 Å². The normalized spacial score (nSPS) is 19.8. The Hall–Kier alpha value is -2.94. The fourth-order valence-electron chi connectivity index (χ4n) is 4.42. The molecule has 0 spiro atoms. The molecule has 2 aromatic heterocycles. The number of piperidine rings is 1. The molecule has 9 heteroatoms. The molecule has 1 atom stereocenters. The second-order valence-electron chi connectivity index (χ2n) is 8.37. The molecular formula is C22H26N6O2S. The molecule has 1 amide bonds. The lowest BCUT2D eigenvalue weighted by molar-refractivity contribution is 0.0737. The average molecular weight is 439 g/mol. The molecule has 0 N–H and O–H groups in total. The molecule has 0 saturated carbocycles. The van der Waals surface area contributed by atoms with Crippen molar-refractivity contribution in [3.05, 3.63) is 52.4 Å². The average Bonchev–Trinajstić information content (AvgIpc) is 3.23. The van der Waals surface area contributed by atoms with E-state index in [4.69, 9.17) is 5.10 Å². The number of carbonyl (C=O) groups is 1. The van der Waals surface area contributed by atoms with E-state index in [1.54, 1.807) is 4.52 Å². The second-order valence-corrected chi connectivity index (χ2v) is 9.30. The molecule has 1 aromatic carbocycles. The van der Waals surface area contributed by atoms with Crippen molar-refractivity contribution in [1.82, 2.24) is 19.5 Å². The second kappa shape index (κ2) is 8.30. The number of nitrogens with zero attached hydrogens (tertiary/aromatic N) is 6. The van der Waals surface area contributed by atoms with Gasteiger partial charge in [0, 0.05) is 51.0 Å². The standard InChI is InChI=1S/C22H26N6O2S/c1-16-6-5-9-27(15-16)22-24-28-18(14-19(29)23-21(28)31-22)20(30)26-12-10-25(11-13-26)17-7-3-2-4-8-17/h2-4,7-8,14,16H,5-6,9-13,15H2,1H3. The van der Waals surface area contributed by atoms with Gasteiger partial charge in [-0.15, -0.1) is 5.10 Å². The molecule has 0 bridgehead atoms. The highest BCUT2D eigenvalue weighted by Gasteiger charge is 2.27. The van der Waals surface area contributed by atoms with Crippen LogP contribution in [0.5, 0.6) is 0 Å². The first-order valence-electron chi connectivity index (χ1n) is 10.8. The zero-order valence-electron chi connectivity index (χ0n) is 17.6. The Balaban J connectivity index is 1.38. The maximum atomic E-state index is 13.3. The Kier molecular flexibility index (Phi) is 5.35. The summed E-state index contributed by atoms with van der Waals surface area (Å²) >= 11 is 1.38. The maximum absolute atomic E-state index is 13.3. The zero-order chi connectivity index (χ0) is 21.4. The van der Waals surface area contributed by atoms with E-state index < -0.39 is 5.56 Å². The van der Waals surface area contributed by atoms with Crippen LogP contribution >= 0.6 is 11.3 Å². The summed E-state index contributed by atoms with van der Waals surface area (Å²) in [5.74, 6) is 0.446. The molecule has 0 radical (unpaired) electrons. The van der Waals surface area contributed by atoms with Crippen molar-refractivity contribution in [2.45, 2.75) is 19.8 Å². The molecule has 0 aliphatic carbocycles. The van der Waals surface area contributed by atoms with Crippen LogP contribution in [0, 0.1) is 5.92 Å². The molecule has 4 heterocycles. The number of carbonyl (C=O) groups excluding carboxylic acids is 1. The third-order valence-corrected chi connectivity index (χ3v) is 7.05. The van der Waals surface area contributed by atoms with Crippen LogP contribution in [0.3, 0.4) is 0 Å². The van der Waals surface area contributed by atoms with Gasteiger partial charge in [-0.1, -0.05) is 36.5 Å². The molecule has 2 fully saturated rings. The molecule has 2 aliphatic heterocycles. The highest BCUT2D eigenvalue weighted by Crippen LogP contribution is 2.27. The van der Waals surface area contributed by atoms with E-state index in [1.165, 1.54) is 23.8 Å². The maximum Gasteiger partial charge on any atom is 0.274 e. The minimum atomic E-state index is -0.395. The van der Waals surface area contributed by atoms with Crippen LogP contribution in [0.25, 0.3) is 4.96 Å². The van der Waals surface area contributed by atoms with Crippen molar-refractivity contribution in [1.29, 1.82) is 0 Å². The lowest BCUT2D eigenvalue weighted by Gasteiger charge is -2.36. The van der Waals surface area contributed by atoms with Gasteiger partial charge < -0.3 is 14.7 Å². The van der Waals surface area contributed by atoms with Crippen molar-refractivity contribution in [2.24, 2.45) is 5.92 Å². The Morgan fingerprint density at radius 2 is 1.84 bits per heavy atom. The van der Waals surface area contributed by atoms with Crippen molar-refractivity contribution in [3.8, 4) is 0 Å². The van der Waals surface area contributed by atoms with Gasteiger partial charge in [-0.25, -0.2) is 0 Å². The molecule has 1 unspecified atom stereocenters. The van der Waals surface area contributed by atoms with Crippen molar-refractivity contribution < 1.29 is 4.79 Å². The van der Waals surface area contributed by atoms with Crippen LogP contribution in [0.1, 0.15) is 30.3 Å².